The van der Waals surface area contributed by atoms with Gasteiger partial charge in [0, 0.05) is 12.6 Å². The van der Waals surface area contributed by atoms with E-state index in [0.29, 0.717) is 6.04 Å². The summed E-state index contributed by atoms with van der Waals surface area (Å²) in [6, 6.07) is 2.94. The summed E-state index contributed by atoms with van der Waals surface area (Å²) in [6.07, 6.45) is 0. The summed E-state index contributed by atoms with van der Waals surface area (Å²) >= 11 is 0. The van der Waals surface area contributed by atoms with E-state index in [4.69, 9.17) is 5.26 Å². The zero-order chi connectivity index (χ0) is 9.57. The van der Waals surface area contributed by atoms with E-state index in [-0.39, 0.29) is 11.0 Å². The van der Waals surface area contributed by atoms with Gasteiger partial charge in [-0.1, -0.05) is 20.8 Å². The van der Waals surface area contributed by atoms with Crippen molar-refractivity contribution in [3.8, 4) is 6.07 Å². The van der Waals surface area contributed by atoms with E-state index in [0.717, 1.165) is 6.54 Å². The molecule has 2 nitrogen and oxygen atoms in total. The minimum Gasteiger partial charge on any atom is -0.279 e. The van der Waals surface area contributed by atoms with Gasteiger partial charge in [0.15, 0.2) is 0 Å². The molecule has 0 radical (unpaired) electrons. The first-order valence-electron chi connectivity index (χ1n) is 4.53. The molecule has 1 heterocycles. The summed E-state index contributed by atoms with van der Waals surface area (Å²) in [5, 5.41) is 9.12. The molecule has 2 unspecified atom stereocenters. The molecular formula is C10H18N2. The number of nitrogens with zero attached hydrogens (tertiary/aromatic N) is 2. The Hall–Kier alpha value is -0.550. The fourth-order valence-corrected chi connectivity index (χ4v) is 1.77. The maximum absolute atomic E-state index is 9.12. The highest BCUT2D eigenvalue weighted by Gasteiger charge is 2.61. The van der Waals surface area contributed by atoms with Crippen molar-refractivity contribution >= 4 is 0 Å². The molecule has 0 spiro atoms. The van der Waals surface area contributed by atoms with Gasteiger partial charge in [0.05, 0.1) is 6.07 Å². The lowest BCUT2D eigenvalue weighted by molar-refractivity contribution is 0.246. The smallest absolute Gasteiger partial charge is 0.127 e. The van der Waals surface area contributed by atoms with E-state index in [1.165, 1.54) is 0 Å². The first-order chi connectivity index (χ1) is 5.35. The SMILES string of the molecule is CC(C)N1CC1(C#N)C(C)(C)C. The van der Waals surface area contributed by atoms with Gasteiger partial charge < -0.3 is 0 Å². The first kappa shape index (κ1) is 9.54. The van der Waals surface area contributed by atoms with Crippen LogP contribution in [-0.2, 0) is 0 Å². The molecule has 2 heteroatoms. The molecule has 0 aromatic heterocycles. The first-order valence-corrected chi connectivity index (χ1v) is 4.53. The highest BCUT2D eigenvalue weighted by molar-refractivity contribution is 5.27. The standard InChI is InChI=1S/C10H18N2/c1-8(2)12-7-10(12,6-11)9(3,4)5/h8H,7H2,1-5H3. The molecule has 0 aromatic rings. The van der Waals surface area contributed by atoms with Crippen molar-refractivity contribution in [2.75, 3.05) is 6.54 Å². The van der Waals surface area contributed by atoms with Crippen molar-refractivity contribution in [3.63, 3.8) is 0 Å². The highest BCUT2D eigenvalue weighted by Crippen LogP contribution is 2.47. The largest absolute Gasteiger partial charge is 0.279 e. The zero-order valence-corrected chi connectivity index (χ0v) is 8.68. The van der Waals surface area contributed by atoms with Crippen LogP contribution in [0.5, 0.6) is 0 Å². The van der Waals surface area contributed by atoms with Crippen LogP contribution in [0.25, 0.3) is 0 Å². The van der Waals surface area contributed by atoms with Gasteiger partial charge in [-0.15, -0.1) is 0 Å². The normalized spacial score (nSPS) is 34.9. The number of nitriles is 1. The Kier molecular flexibility index (Phi) is 1.96. The molecule has 1 saturated heterocycles. The Morgan fingerprint density at radius 1 is 1.42 bits per heavy atom. The summed E-state index contributed by atoms with van der Waals surface area (Å²) in [5.74, 6) is 0. The van der Waals surface area contributed by atoms with Crippen molar-refractivity contribution < 1.29 is 0 Å². The van der Waals surface area contributed by atoms with Crippen LogP contribution in [0.15, 0.2) is 0 Å². The van der Waals surface area contributed by atoms with Gasteiger partial charge in [-0.2, -0.15) is 5.26 Å². The Balaban J connectivity index is 2.81. The van der Waals surface area contributed by atoms with E-state index in [2.05, 4.69) is 45.6 Å². The van der Waals surface area contributed by atoms with Crippen molar-refractivity contribution in [2.45, 2.75) is 46.2 Å². The topological polar surface area (TPSA) is 26.8 Å². The van der Waals surface area contributed by atoms with Crippen molar-refractivity contribution in [1.29, 1.82) is 5.26 Å². The van der Waals surface area contributed by atoms with Gasteiger partial charge in [-0.05, 0) is 19.3 Å². The molecular weight excluding hydrogens is 148 g/mol. The molecule has 1 aliphatic rings. The Morgan fingerprint density at radius 3 is 2.00 bits per heavy atom. The highest BCUT2D eigenvalue weighted by atomic mass is 15.4. The van der Waals surface area contributed by atoms with Gasteiger partial charge in [0.25, 0.3) is 0 Å². The third-order valence-corrected chi connectivity index (χ3v) is 2.84. The third-order valence-electron chi connectivity index (χ3n) is 2.84. The fourth-order valence-electron chi connectivity index (χ4n) is 1.77. The molecule has 68 valence electrons. The van der Waals surface area contributed by atoms with Gasteiger partial charge in [-0.25, -0.2) is 0 Å². The lowest BCUT2D eigenvalue weighted by Crippen LogP contribution is -2.35. The zero-order valence-electron chi connectivity index (χ0n) is 8.68. The second-order valence-corrected chi connectivity index (χ2v) is 4.94. The molecule has 0 amide bonds. The summed E-state index contributed by atoms with van der Waals surface area (Å²) in [6.45, 7) is 11.6. The summed E-state index contributed by atoms with van der Waals surface area (Å²) in [7, 11) is 0. The summed E-state index contributed by atoms with van der Waals surface area (Å²) < 4.78 is 0. The monoisotopic (exact) mass is 166 g/mol. The maximum atomic E-state index is 9.12. The van der Waals surface area contributed by atoms with Crippen LogP contribution in [0.2, 0.25) is 0 Å². The summed E-state index contributed by atoms with van der Waals surface area (Å²) in [5.41, 5.74) is -0.118. The minimum absolute atomic E-state index is 0.0754. The van der Waals surface area contributed by atoms with Gasteiger partial charge >= 0.3 is 0 Å². The second kappa shape index (κ2) is 2.47. The van der Waals surface area contributed by atoms with E-state index in [1.807, 2.05) is 0 Å². The van der Waals surface area contributed by atoms with Gasteiger partial charge in [0.2, 0.25) is 0 Å². The van der Waals surface area contributed by atoms with Crippen LogP contribution in [0, 0.1) is 16.7 Å². The molecule has 0 N–H and O–H groups in total. The fraction of sp³-hybridized carbons (Fsp3) is 0.900. The second-order valence-electron chi connectivity index (χ2n) is 4.94. The maximum Gasteiger partial charge on any atom is 0.127 e. The molecule has 12 heavy (non-hydrogen) atoms. The Labute approximate surface area is 75.2 Å². The minimum atomic E-state index is -0.193. The van der Waals surface area contributed by atoms with Gasteiger partial charge in [-0.3, -0.25) is 4.90 Å². The van der Waals surface area contributed by atoms with Crippen molar-refractivity contribution in [2.24, 2.45) is 5.41 Å². The average molecular weight is 166 g/mol. The number of hydrogen-bond acceptors (Lipinski definition) is 2. The predicted octanol–water partition coefficient (Wildman–Crippen LogP) is 2.02. The summed E-state index contributed by atoms with van der Waals surface area (Å²) in [4.78, 5) is 2.26. The number of rotatable bonds is 1. The molecule has 0 saturated carbocycles. The van der Waals surface area contributed by atoms with E-state index in [1.54, 1.807) is 0 Å². The molecule has 1 rings (SSSR count). The molecule has 0 aromatic carbocycles. The number of hydrogen-bond donors (Lipinski definition) is 0. The lowest BCUT2D eigenvalue weighted by Gasteiger charge is -2.26. The quantitative estimate of drug-likeness (QED) is 0.557. The lowest BCUT2D eigenvalue weighted by atomic mass is 9.81. The van der Waals surface area contributed by atoms with Crippen molar-refractivity contribution in [1.82, 2.24) is 4.90 Å². The average Bonchev–Trinajstić information content (AvgIpc) is 2.59. The van der Waals surface area contributed by atoms with Crippen LogP contribution >= 0.6 is 0 Å². The molecule has 0 bridgehead atoms. The van der Waals surface area contributed by atoms with Gasteiger partial charge in [0.1, 0.15) is 5.54 Å². The van der Waals surface area contributed by atoms with Crippen LogP contribution in [0.4, 0.5) is 0 Å². The molecule has 2 atom stereocenters. The predicted molar refractivity (Wildman–Crippen MR) is 49.6 cm³/mol. The van der Waals surface area contributed by atoms with Crippen LogP contribution in [0.1, 0.15) is 34.6 Å². The Morgan fingerprint density at radius 2 is 1.92 bits per heavy atom. The van der Waals surface area contributed by atoms with Crippen molar-refractivity contribution in [3.05, 3.63) is 0 Å². The van der Waals surface area contributed by atoms with Crippen LogP contribution < -0.4 is 0 Å². The van der Waals surface area contributed by atoms with Crippen LogP contribution in [0.3, 0.4) is 0 Å². The van der Waals surface area contributed by atoms with Crippen LogP contribution in [-0.4, -0.2) is 23.0 Å². The van der Waals surface area contributed by atoms with E-state index in [9.17, 15) is 0 Å². The third kappa shape index (κ3) is 1.13. The molecule has 0 aliphatic carbocycles. The molecule has 1 aliphatic heterocycles. The van der Waals surface area contributed by atoms with E-state index < -0.39 is 0 Å². The van der Waals surface area contributed by atoms with E-state index >= 15 is 0 Å². The Bertz CT molecular complexity index is 219. The molecule has 1 fully saturated rings.